The molecule has 1 aliphatic rings. The van der Waals surface area contributed by atoms with Gasteiger partial charge in [0.15, 0.2) is 0 Å². The van der Waals surface area contributed by atoms with E-state index in [1.807, 2.05) is 44.9 Å². The van der Waals surface area contributed by atoms with E-state index in [-0.39, 0.29) is 30.1 Å². The van der Waals surface area contributed by atoms with Crippen LogP contribution in [0.5, 0.6) is 0 Å². The Morgan fingerprint density at radius 1 is 1.12 bits per heavy atom. The van der Waals surface area contributed by atoms with Crippen LogP contribution in [0.25, 0.3) is 0 Å². The highest BCUT2D eigenvalue weighted by Gasteiger charge is 2.31. The third-order valence-corrected chi connectivity index (χ3v) is 4.75. The van der Waals surface area contributed by atoms with Crippen molar-refractivity contribution in [2.24, 2.45) is 5.92 Å². The zero-order chi connectivity index (χ0) is 17.7. The lowest BCUT2D eigenvalue weighted by molar-refractivity contribution is -0.135. The molecule has 5 nitrogen and oxygen atoms in total. The average molecular weight is 368 g/mol. The minimum atomic E-state index is -0.482. The maximum absolute atomic E-state index is 12.8. The van der Waals surface area contributed by atoms with Crippen LogP contribution in [-0.4, -0.2) is 48.9 Å². The number of halogens is 1. The number of rotatable bonds is 5. The Hall–Kier alpha value is -1.59. The highest BCUT2D eigenvalue weighted by atomic mass is 35.5. The minimum absolute atomic E-state index is 0. The molecule has 1 aliphatic heterocycles. The first kappa shape index (κ1) is 21.5. The zero-order valence-corrected chi connectivity index (χ0v) is 16.4. The molecule has 0 radical (unpaired) electrons. The predicted molar refractivity (Wildman–Crippen MR) is 103 cm³/mol. The van der Waals surface area contributed by atoms with E-state index < -0.39 is 6.04 Å². The van der Waals surface area contributed by atoms with E-state index in [0.717, 1.165) is 31.5 Å². The van der Waals surface area contributed by atoms with Crippen LogP contribution in [0.2, 0.25) is 0 Å². The molecule has 0 aliphatic carbocycles. The van der Waals surface area contributed by atoms with Crippen molar-refractivity contribution in [1.82, 2.24) is 15.5 Å². The summed E-state index contributed by atoms with van der Waals surface area (Å²) in [4.78, 5) is 27.2. The lowest BCUT2D eigenvalue weighted by atomic mass is 9.99. The fourth-order valence-corrected chi connectivity index (χ4v) is 3.03. The lowest BCUT2D eigenvalue weighted by Gasteiger charge is -2.35. The summed E-state index contributed by atoms with van der Waals surface area (Å²) in [7, 11) is 1.96. The summed E-state index contributed by atoms with van der Waals surface area (Å²) >= 11 is 0. The normalized spacial score (nSPS) is 16.3. The monoisotopic (exact) mass is 367 g/mol. The van der Waals surface area contributed by atoms with E-state index >= 15 is 0 Å². The molecule has 2 amide bonds. The number of piperidine rings is 1. The summed E-state index contributed by atoms with van der Waals surface area (Å²) in [5.74, 6) is -0.110. The smallest absolute Gasteiger partial charge is 0.251 e. The molecular weight excluding hydrogens is 338 g/mol. The Morgan fingerprint density at radius 3 is 2.16 bits per heavy atom. The molecule has 1 saturated heterocycles. The van der Waals surface area contributed by atoms with Crippen molar-refractivity contribution in [1.29, 1.82) is 0 Å². The fraction of sp³-hybridized carbons (Fsp3) is 0.579. The number of hydrogen-bond acceptors (Lipinski definition) is 3. The molecule has 1 aromatic carbocycles. The quantitative estimate of drug-likeness (QED) is 0.840. The van der Waals surface area contributed by atoms with Crippen molar-refractivity contribution in [3.8, 4) is 0 Å². The molecule has 1 atom stereocenters. The van der Waals surface area contributed by atoms with Gasteiger partial charge in [0.25, 0.3) is 5.91 Å². The molecule has 0 bridgehead atoms. The maximum Gasteiger partial charge on any atom is 0.251 e. The van der Waals surface area contributed by atoms with Gasteiger partial charge >= 0.3 is 0 Å². The Balaban J connectivity index is 0.00000312. The number of hydrogen-bond donors (Lipinski definition) is 2. The topological polar surface area (TPSA) is 61.4 Å². The molecule has 1 heterocycles. The first-order chi connectivity index (χ1) is 11.4. The molecule has 6 heteroatoms. The Kier molecular flexibility index (Phi) is 8.39. The molecule has 25 heavy (non-hydrogen) atoms. The van der Waals surface area contributed by atoms with Crippen LogP contribution < -0.4 is 10.6 Å². The summed E-state index contributed by atoms with van der Waals surface area (Å²) in [5, 5.41) is 6.19. The van der Waals surface area contributed by atoms with E-state index in [2.05, 4.69) is 10.6 Å². The molecule has 0 saturated carbocycles. The second kappa shape index (κ2) is 9.78. The van der Waals surface area contributed by atoms with Crippen molar-refractivity contribution in [3.05, 3.63) is 35.4 Å². The average Bonchev–Trinajstić information content (AvgIpc) is 2.59. The first-order valence-corrected chi connectivity index (χ1v) is 8.76. The summed E-state index contributed by atoms with van der Waals surface area (Å²) in [5.41, 5.74) is 1.70. The van der Waals surface area contributed by atoms with Crippen LogP contribution in [0.4, 0.5) is 0 Å². The van der Waals surface area contributed by atoms with Gasteiger partial charge in [0.2, 0.25) is 5.91 Å². The second-order valence-electron chi connectivity index (χ2n) is 6.95. The number of amides is 2. The number of nitrogens with zero attached hydrogens (tertiary/aromatic N) is 1. The van der Waals surface area contributed by atoms with Gasteiger partial charge in [-0.05, 0) is 44.9 Å². The maximum atomic E-state index is 12.8. The van der Waals surface area contributed by atoms with E-state index in [1.54, 1.807) is 12.1 Å². The standard InChI is InChI=1S/C19H29N3O2.ClH/c1-13(2)17(19(24)22-11-9-16(20-4)10-12-22)21-18(23)15-7-5-14(3)6-8-15;/h5-8,13,16-17,20H,9-12H2,1-4H3,(H,21,23);1H. The van der Waals surface area contributed by atoms with Crippen LogP contribution in [0.3, 0.4) is 0 Å². The number of nitrogens with one attached hydrogen (secondary N) is 2. The number of likely N-dealkylation sites (tertiary alicyclic amines) is 1. The van der Waals surface area contributed by atoms with E-state index in [4.69, 9.17) is 0 Å². The Bertz CT molecular complexity index is 567. The molecule has 0 spiro atoms. The van der Waals surface area contributed by atoms with E-state index in [1.165, 1.54) is 0 Å². The largest absolute Gasteiger partial charge is 0.341 e. The second-order valence-corrected chi connectivity index (χ2v) is 6.95. The van der Waals surface area contributed by atoms with Crippen LogP contribution in [0.15, 0.2) is 24.3 Å². The van der Waals surface area contributed by atoms with Gasteiger partial charge in [-0.1, -0.05) is 31.5 Å². The number of aryl methyl sites for hydroxylation is 1. The van der Waals surface area contributed by atoms with Gasteiger partial charge in [0, 0.05) is 24.7 Å². The van der Waals surface area contributed by atoms with Crippen LogP contribution in [0.1, 0.15) is 42.6 Å². The summed E-state index contributed by atoms with van der Waals surface area (Å²) in [6.07, 6.45) is 1.91. The summed E-state index contributed by atoms with van der Waals surface area (Å²) in [6.45, 7) is 7.41. The molecule has 0 aromatic heterocycles. The van der Waals surface area contributed by atoms with Crippen molar-refractivity contribution in [2.75, 3.05) is 20.1 Å². The van der Waals surface area contributed by atoms with Crippen LogP contribution >= 0.6 is 12.4 Å². The van der Waals surface area contributed by atoms with Crippen molar-refractivity contribution in [3.63, 3.8) is 0 Å². The van der Waals surface area contributed by atoms with Gasteiger partial charge in [-0.25, -0.2) is 0 Å². The van der Waals surface area contributed by atoms with E-state index in [0.29, 0.717) is 11.6 Å². The number of benzene rings is 1. The highest BCUT2D eigenvalue weighted by Crippen LogP contribution is 2.15. The first-order valence-electron chi connectivity index (χ1n) is 8.76. The summed E-state index contributed by atoms with van der Waals surface area (Å²) < 4.78 is 0. The summed E-state index contributed by atoms with van der Waals surface area (Å²) in [6, 6.07) is 7.40. The van der Waals surface area contributed by atoms with Crippen molar-refractivity contribution >= 4 is 24.2 Å². The lowest BCUT2D eigenvalue weighted by Crippen LogP contribution is -2.54. The highest BCUT2D eigenvalue weighted by molar-refractivity contribution is 5.97. The number of carbonyl (C=O) groups is 2. The Morgan fingerprint density at radius 2 is 1.68 bits per heavy atom. The van der Waals surface area contributed by atoms with Gasteiger partial charge in [-0.2, -0.15) is 0 Å². The number of carbonyl (C=O) groups excluding carboxylic acids is 2. The predicted octanol–water partition coefficient (Wildman–Crippen LogP) is 2.38. The molecule has 1 fully saturated rings. The third-order valence-electron chi connectivity index (χ3n) is 4.75. The van der Waals surface area contributed by atoms with Crippen molar-refractivity contribution in [2.45, 2.75) is 45.7 Å². The van der Waals surface area contributed by atoms with Gasteiger partial charge in [0.1, 0.15) is 6.04 Å². The van der Waals surface area contributed by atoms with Crippen LogP contribution in [0, 0.1) is 12.8 Å². The minimum Gasteiger partial charge on any atom is -0.341 e. The van der Waals surface area contributed by atoms with Gasteiger partial charge in [0.05, 0.1) is 0 Å². The SMILES string of the molecule is CNC1CCN(C(=O)C(NC(=O)c2ccc(C)cc2)C(C)C)CC1.Cl. The molecule has 140 valence electrons. The third kappa shape index (κ3) is 5.72. The van der Waals surface area contributed by atoms with Crippen molar-refractivity contribution < 1.29 is 9.59 Å². The van der Waals surface area contributed by atoms with E-state index in [9.17, 15) is 9.59 Å². The van der Waals surface area contributed by atoms with Gasteiger partial charge in [-0.15, -0.1) is 12.4 Å². The molecule has 2 N–H and O–H groups in total. The van der Waals surface area contributed by atoms with Gasteiger partial charge < -0.3 is 15.5 Å². The fourth-order valence-electron chi connectivity index (χ4n) is 3.03. The van der Waals surface area contributed by atoms with Crippen LogP contribution in [-0.2, 0) is 4.79 Å². The molecule has 1 aromatic rings. The molecular formula is C19H30ClN3O2. The van der Waals surface area contributed by atoms with Gasteiger partial charge in [-0.3, -0.25) is 9.59 Å². The zero-order valence-electron chi connectivity index (χ0n) is 15.5. The Labute approximate surface area is 157 Å². The molecule has 2 rings (SSSR count). The molecule has 1 unspecified atom stereocenters.